The van der Waals surface area contributed by atoms with Crippen LogP contribution < -0.4 is 4.72 Å². The van der Waals surface area contributed by atoms with Crippen molar-refractivity contribution in [3.63, 3.8) is 0 Å². The van der Waals surface area contributed by atoms with Gasteiger partial charge in [0, 0.05) is 5.75 Å². The van der Waals surface area contributed by atoms with Gasteiger partial charge in [0.25, 0.3) is 10.0 Å². The molecule has 11 heteroatoms. The summed E-state index contributed by atoms with van der Waals surface area (Å²) in [7, 11) is -3.83. The van der Waals surface area contributed by atoms with Crippen LogP contribution in [0.25, 0.3) is 0 Å². The summed E-state index contributed by atoms with van der Waals surface area (Å²) in [5, 5.41) is 7.32. The van der Waals surface area contributed by atoms with Gasteiger partial charge in [-0.05, 0) is 31.1 Å². The molecular formula is C15H19N3O5S3. The molecule has 0 aliphatic rings. The predicted octanol–water partition coefficient (Wildman–Crippen LogP) is 2.79. The first-order valence-corrected chi connectivity index (χ1v) is 10.8. The van der Waals surface area contributed by atoms with Gasteiger partial charge < -0.3 is 4.74 Å². The van der Waals surface area contributed by atoms with Gasteiger partial charge >= 0.3 is 5.97 Å². The Hall–Kier alpha value is -1.72. The van der Waals surface area contributed by atoms with Crippen molar-refractivity contribution in [3.05, 3.63) is 35.5 Å². The number of hydrogen-bond donors (Lipinski definition) is 2. The first-order valence-electron chi connectivity index (χ1n) is 7.70. The highest BCUT2D eigenvalue weighted by Crippen LogP contribution is 2.35. The van der Waals surface area contributed by atoms with Gasteiger partial charge in [0.1, 0.15) is 0 Å². The van der Waals surface area contributed by atoms with E-state index in [1.54, 1.807) is 19.1 Å². The number of esters is 1. The molecule has 0 radical (unpaired) electrons. The zero-order valence-corrected chi connectivity index (χ0v) is 16.7. The molecule has 1 aromatic heterocycles. The minimum Gasteiger partial charge on any atom is -0.466 e. The van der Waals surface area contributed by atoms with Crippen molar-refractivity contribution in [1.82, 2.24) is 10.3 Å². The lowest BCUT2D eigenvalue weighted by Gasteiger charge is -2.10. The number of thiol groups is 1. The summed E-state index contributed by atoms with van der Waals surface area (Å²) in [6.07, 6.45) is 0.214. The van der Waals surface area contributed by atoms with Gasteiger partial charge in [-0.1, -0.05) is 22.9 Å². The van der Waals surface area contributed by atoms with Crippen molar-refractivity contribution in [1.29, 1.82) is 0 Å². The summed E-state index contributed by atoms with van der Waals surface area (Å²) in [5.74, 6) is 0.0950. The van der Waals surface area contributed by atoms with Crippen LogP contribution in [0, 0.1) is 6.92 Å². The second-order valence-electron chi connectivity index (χ2n) is 5.19. The molecule has 8 nitrogen and oxygen atoms in total. The van der Waals surface area contributed by atoms with Gasteiger partial charge in [-0.3, -0.25) is 9.52 Å². The quantitative estimate of drug-likeness (QED) is 0.364. The van der Waals surface area contributed by atoms with Crippen LogP contribution in [-0.2, 0) is 19.6 Å². The maximum Gasteiger partial charge on any atom is 0.306 e. The van der Waals surface area contributed by atoms with E-state index in [9.17, 15) is 13.2 Å². The van der Waals surface area contributed by atoms with E-state index in [2.05, 4.69) is 32.3 Å². The fraction of sp³-hybridized carbons (Fsp3) is 0.400. The van der Waals surface area contributed by atoms with E-state index in [1.807, 2.05) is 6.92 Å². The number of rotatable bonds is 9. The lowest BCUT2D eigenvalue weighted by atomic mass is 10.2. The Bertz CT molecular complexity index is 836. The lowest BCUT2D eigenvalue weighted by Crippen LogP contribution is -2.14. The fourth-order valence-corrected chi connectivity index (χ4v) is 4.21. The molecule has 2 aromatic rings. The summed E-state index contributed by atoms with van der Waals surface area (Å²) >= 11 is 5.67. The Morgan fingerprint density at radius 1 is 1.35 bits per heavy atom. The molecule has 0 amide bonds. The van der Waals surface area contributed by atoms with Crippen LogP contribution in [-0.4, -0.2) is 37.1 Å². The van der Waals surface area contributed by atoms with Crippen LogP contribution in [0.4, 0.5) is 5.82 Å². The Labute approximate surface area is 161 Å². The topological polar surface area (TPSA) is 111 Å². The van der Waals surface area contributed by atoms with Crippen molar-refractivity contribution in [3.8, 4) is 0 Å². The number of ether oxygens (including phenoxy) is 1. The van der Waals surface area contributed by atoms with E-state index in [0.29, 0.717) is 12.4 Å². The molecule has 1 aromatic carbocycles. The molecule has 1 unspecified atom stereocenters. The number of aromatic nitrogens is 2. The summed E-state index contributed by atoms with van der Waals surface area (Å²) < 4.78 is 36.2. The summed E-state index contributed by atoms with van der Waals surface area (Å²) in [6.45, 7) is 3.93. The average molecular weight is 418 g/mol. The van der Waals surface area contributed by atoms with Crippen molar-refractivity contribution in [2.75, 3.05) is 17.1 Å². The number of benzene rings is 1. The van der Waals surface area contributed by atoms with Crippen molar-refractivity contribution in [2.24, 2.45) is 0 Å². The van der Waals surface area contributed by atoms with Gasteiger partial charge in [0.2, 0.25) is 5.82 Å². The van der Waals surface area contributed by atoms with Crippen LogP contribution in [0.1, 0.15) is 29.2 Å². The van der Waals surface area contributed by atoms with E-state index in [-0.39, 0.29) is 28.8 Å². The van der Waals surface area contributed by atoms with Crippen LogP contribution in [0.5, 0.6) is 0 Å². The Kier molecular flexibility index (Phi) is 7.35. The van der Waals surface area contributed by atoms with Crippen LogP contribution >= 0.6 is 24.4 Å². The SMILES string of the molecule is CCOC(=O)CCSC(S)c1nonc1NS(=O)(=O)c1ccc(C)cc1. The van der Waals surface area contributed by atoms with Gasteiger partial charge in [-0.25, -0.2) is 13.0 Å². The molecule has 0 saturated heterocycles. The minimum absolute atomic E-state index is 0.0331. The van der Waals surface area contributed by atoms with Crippen LogP contribution in [0.3, 0.4) is 0 Å². The van der Waals surface area contributed by atoms with Gasteiger partial charge in [0.15, 0.2) is 5.69 Å². The predicted molar refractivity (Wildman–Crippen MR) is 102 cm³/mol. The number of thioether (sulfide) groups is 1. The number of aryl methyl sites for hydroxylation is 1. The van der Waals surface area contributed by atoms with Crippen molar-refractivity contribution in [2.45, 2.75) is 29.7 Å². The smallest absolute Gasteiger partial charge is 0.306 e. The summed E-state index contributed by atoms with van der Waals surface area (Å²) in [4.78, 5) is 11.4. The molecule has 0 spiro atoms. The van der Waals surface area contributed by atoms with Gasteiger partial charge in [-0.2, -0.15) is 12.6 Å². The molecule has 1 heterocycles. The number of nitrogens with zero attached hydrogens (tertiary/aromatic N) is 2. The minimum atomic E-state index is -3.83. The Balaban J connectivity index is 2.03. The molecule has 26 heavy (non-hydrogen) atoms. The first-order chi connectivity index (χ1) is 12.3. The Morgan fingerprint density at radius 3 is 2.69 bits per heavy atom. The summed E-state index contributed by atoms with van der Waals surface area (Å²) in [5.41, 5.74) is 1.18. The lowest BCUT2D eigenvalue weighted by molar-refractivity contribution is -0.142. The maximum absolute atomic E-state index is 12.4. The van der Waals surface area contributed by atoms with E-state index >= 15 is 0 Å². The number of anilines is 1. The zero-order valence-electron chi connectivity index (χ0n) is 14.2. The zero-order chi connectivity index (χ0) is 19.2. The van der Waals surface area contributed by atoms with Crippen molar-refractivity contribution < 1.29 is 22.6 Å². The number of carbonyl (C=O) groups excluding carboxylic acids is 1. The Morgan fingerprint density at radius 2 is 2.04 bits per heavy atom. The average Bonchev–Trinajstić information content (AvgIpc) is 3.03. The molecule has 142 valence electrons. The number of hydrogen-bond acceptors (Lipinski definition) is 9. The molecule has 0 saturated carbocycles. The van der Waals surface area contributed by atoms with E-state index < -0.39 is 14.6 Å². The largest absolute Gasteiger partial charge is 0.466 e. The second kappa shape index (κ2) is 9.28. The number of sulfonamides is 1. The normalized spacial score (nSPS) is 12.6. The van der Waals surface area contributed by atoms with E-state index in [1.165, 1.54) is 23.9 Å². The molecular weight excluding hydrogens is 398 g/mol. The third-order valence-electron chi connectivity index (χ3n) is 3.20. The highest BCUT2D eigenvalue weighted by molar-refractivity contribution is 8.09. The van der Waals surface area contributed by atoms with Gasteiger partial charge in [0.05, 0.1) is 22.5 Å². The second-order valence-corrected chi connectivity index (χ2v) is 8.96. The van der Waals surface area contributed by atoms with Crippen LogP contribution in [0.2, 0.25) is 0 Å². The maximum atomic E-state index is 12.4. The molecule has 0 bridgehead atoms. The fourth-order valence-electron chi connectivity index (χ4n) is 1.90. The van der Waals surface area contributed by atoms with E-state index in [4.69, 9.17) is 4.74 Å². The number of carbonyl (C=O) groups is 1. The standard InChI is InChI=1S/C15H19N3O5S3/c1-3-22-12(19)8-9-25-15(24)13-14(17-23-16-13)18-26(20,21)11-6-4-10(2)5-7-11/h4-7,15,24H,3,8-9H2,1-2H3,(H,17,18). The third kappa shape index (κ3) is 5.64. The van der Waals surface area contributed by atoms with E-state index in [0.717, 1.165) is 5.56 Å². The third-order valence-corrected chi connectivity index (χ3v) is 6.22. The highest BCUT2D eigenvalue weighted by Gasteiger charge is 2.24. The number of nitrogens with one attached hydrogen (secondary N) is 1. The van der Waals surface area contributed by atoms with Crippen LogP contribution in [0.15, 0.2) is 33.8 Å². The molecule has 2 rings (SSSR count). The molecule has 1 N–H and O–H groups in total. The van der Waals surface area contributed by atoms with Crippen molar-refractivity contribution >= 4 is 46.2 Å². The molecule has 1 atom stereocenters. The highest BCUT2D eigenvalue weighted by atomic mass is 32.2. The van der Waals surface area contributed by atoms with Gasteiger partial charge in [-0.15, -0.1) is 11.8 Å². The first kappa shape index (κ1) is 20.6. The molecule has 0 aliphatic heterocycles. The monoisotopic (exact) mass is 417 g/mol. The molecule has 0 aliphatic carbocycles. The molecule has 0 fully saturated rings. The summed E-state index contributed by atoms with van der Waals surface area (Å²) in [6, 6.07) is 6.39.